The summed E-state index contributed by atoms with van der Waals surface area (Å²) in [6, 6.07) is 39.5. The minimum atomic E-state index is -0.115. The highest BCUT2D eigenvalue weighted by Gasteiger charge is 2.32. The van der Waals surface area contributed by atoms with Crippen molar-refractivity contribution in [3.05, 3.63) is 189 Å². The van der Waals surface area contributed by atoms with E-state index >= 15 is 0 Å². The van der Waals surface area contributed by atoms with Crippen LogP contribution in [0.2, 0.25) is 0 Å². The highest BCUT2D eigenvalue weighted by atomic mass is 16.1. The first-order valence-corrected chi connectivity index (χ1v) is 20.3. The Morgan fingerprint density at radius 2 is 0.483 bits per heavy atom. The van der Waals surface area contributed by atoms with E-state index in [0.29, 0.717) is 52.2 Å². The van der Waals surface area contributed by atoms with Gasteiger partial charge in [0.05, 0.1) is 0 Å². The fourth-order valence-electron chi connectivity index (χ4n) is 9.45. The minimum Gasteiger partial charge on any atom is -0.360 e. The van der Waals surface area contributed by atoms with Crippen molar-refractivity contribution in [2.45, 2.75) is 53.4 Å². The summed E-state index contributed by atoms with van der Waals surface area (Å²) in [7, 11) is 0. The molecule has 9 rings (SSSR count). The molecule has 4 aromatic heterocycles. The lowest BCUT2D eigenvalue weighted by atomic mass is 9.91. The molecule has 296 valence electrons. The predicted molar refractivity (Wildman–Crippen MR) is 236 cm³/mol. The number of carbonyl (C=O) groups is 4. The lowest BCUT2D eigenvalue weighted by molar-refractivity contribution is 0.100. The van der Waals surface area contributed by atoms with Gasteiger partial charge in [-0.15, -0.1) is 0 Å². The number of hydrogen-bond donors (Lipinski definition) is 4. The molecule has 4 N–H and O–H groups in total. The predicted octanol–water partition coefficient (Wildman–Crippen LogP) is 11.2. The number of Topliss-reactive ketones (excluding diaryl/α,β-unsaturated/α-hetero) is 4. The van der Waals surface area contributed by atoms with Crippen LogP contribution in [-0.2, 0) is 25.7 Å². The van der Waals surface area contributed by atoms with Crippen molar-refractivity contribution in [2.75, 3.05) is 0 Å². The van der Waals surface area contributed by atoms with Gasteiger partial charge in [-0.05, 0) is 49.9 Å². The maximum Gasteiger partial charge on any atom is 0.162 e. The highest BCUT2D eigenvalue weighted by molar-refractivity contribution is 6.07. The van der Waals surface area contributed by atoms with Crippen LogP contribution in [0.25, 0.3) is 44.5 Å². The zero-order valence-corrected chi connectivity index (χ0v) is 34.0. The second-order valence-electron chi connectivity index (χ2n) is 15.7. The summed E-state index contributed by atoms with van der Waals surface area (Å²) in [5.41, 5.74) is 14.8. The Morgan fingerprint density at radius 3 is 0.683 bits per heavy atom. The molecule has 0 radical (unpaired) electrons. The smallest absolute Gasteiger partial charge is 0.162 e. The number of aromatic amines is 4. The van der Waals surface area contributed by atoms with E-state index in [1.54, 1.807) is 27.7 Å². The number of H-pyrrole nitrogens is 4. The molecule has 8 nitrogen and oxygen atoms in total. The first-order valence-electron chi connectivity index (χ1n) is 20.3. The van der Waals surface area contributed by atoms with E-state index in [9.17, 15) is 19.2 Å². The summed E-state index contributed by atoms with van der Waals surface area (Å²) < 4.78 is 0. The fourth-order valence-corrected chi connectivity index (χ4v) is 9.45. The Hall–Kier alpha value is -7.32. The Morgan fingerprint density at radius 1 is 0.300 bits per heavy atom. The molecule has 8 heteroatoms. The topological polar surface area (TPSA) is 131 Å². The Bertz CT molecular complexity index is 2960. The van der Waals surface area contributed by atoms with E-state index in [4.69, 9.17) is 0 Å². The van der Waals surface area contributed by atoms with Gasteiger partial charge in [0.1, 0.15) is 0 Å². The van der Waals surface area contributed by atoms with Crippen LogP contribution >= 0.6 is 0 Å². The number of ketones is 4. The van der Waals surface area contributed by atoms with Crippen LogP contribution in [-0.4, -0.2) is 43.1 Å². The molecule has 1 aliphatic heterocycles. The van der Waals surface area contributed by atoms with Crippen molar-refractivity contribution in [3.8, 4) is 44.5 Å². The molecule has 0 aliphatic carbocycles. The third-order valence-electron chi connectivity index (χ3n) is 11.7. The van der Waals surface area contributed by atoms with Crippen LogP contribution < -0.4 is 0 Å². The van der Waals surface area contributed by atoms with Gasteiger partial charge in [-0.3, -0.25) is 19.2 Å². The summed E-state index contributed by atoms with van der Waals surface area (Å²) in [6.07, 6.45) is 1.13. The second kappa shape index (κ2) is 15.5. The van der Waals surface area contributed by atoms with Crippen LogP contribution in [0.5, 0.6) is 0 Å². The summed E-state index contributed by atoms with van der Waals surface area (Å²) >= 11 is 0. The molecule has 1 aliphatic rings. The summed E-state index contributed by atoms with van der Waals surface area (Å²) in [4.78, 5) is 70.7. The van der Waals surface area contributed by atoms with E-state index in [2.05, 4.69) is 19.9 Å². The van der Waals surface area contributed by atoms with E-state index in [-0.39, 0.29) is 36.0 Å². The summed E-state index contributed by atoms with van der Waals surface area (Å²) in [5.74, 6) is -0.421. The number of benzene rings is 4. The largest absolute Gasteiger partial charge is 0.360 e. The van der Waals surface area contributed by atoms with Gasteiger partial charge in [0, 0.05) is 116 Å². The number of rotatable bonds is 8. The van der Waals surface area contributed by atoms with Gasteiger partial charge in [-0.1, -0.05) is 121 Å². The van der Waals surface area contributed by atoms with Crippen LogP contribution in [0, 0.1) is 0 Å². The molecule has 0 saturated carbocycles. The van der Waals surface area contributed by atoms with Crippen molar-refractivity contribution < 1.29 is 19.2 Å². The van der Waals surface area contributed by atoms with E-state index in [1.165, 1.54) is 0 Å². The van der Waals surface area contributed by atoms with Crippen LogP contribution in [0.3, 0.4) is 0 Å². The van der Waals surface area contributed by atoms with Crippen LogP contribution in [0.4, 0.5) is 0 Å². The maximum atomic E-state index is 14.0. The summed E-state index contributed by atoms with van der Waals surface area (Å²) in [6.45, 7) is 6.34. The van der Waals surface area contributed by atoms with Crippen molar-refractivity contribution in [1.82, 2.24) is 19.9 Å². The molecule has 0 amide bonds. The normalized spacial score (nSPS) is 12.3. The summed E-state index contributed by atoms with van der Waals surface area (Å²) in [5, 5.41) is 0. The van der Waals surface area contributed by atoms with Gasteiger partial charge >= 0.3 is 0 Å². The van der Waals surface area contributed by atoms with Gasteiger partial charge in [0.2, 0.25) is 0 Å². The molecule has 60 heavy (non-hydrogen) atoms. The number of aromatic nitrogens is 4. The molecule has 0 atom stereocenters. The molecule has 0 saturated heterocycles. The van der Waals surface area contributed by atoms with Gasteiger partial charge in [0.25, 0.3) is 0 Å². The first kappa shape index (κ1) is 38.2. The minimum absolute atomic E-state index is 0.0909. The molecule has 0 spiro atoms. The van der Waals surface area contributed by atoms with Crippen LogP contribution in [0.1, 0.15) is 115 Å². The molecule has 4 aromatic carbocycles. The molecule has 0 unspecified atom stereocenters. The van der Waals surface area contributed by atoms with E-state index in [1.807, 2.05) is 121 Å². The maximum absolute atomic E-state index is 14.0. The first-order chi connectivity index (χ1) is 29.1. The van der Waals surface area contributed by atoms with Crippen molar-refractivity contribution >= 4 is 23.1 Å². The molecule has 0 fully saturated rings. The molecule has 8 aromatic rings. The van der Waals surface area contributed by atoms with Crippen molar-refractivity contribution in [1.29, 1.82) is 0 Å². The highest BCUT2D eigenvalue weighted by Crippen LogP contribution is 2.42. The second-order valence-corrected chi connectivity index (χ2v) is 15.7. The molecular formula is C52H44N4O4. The number of hydrogen-bond acceptors (Lipinski definition) is 4. The van der Waals surface area contributed by atoms with Crippen LogP contribution in [0.15, 0.2) is 121 Å². The standard InChI is InChI=1S/C52H44N4O4/c1-29(57)45-37-25-38-46(30(2)58)51(35-21-13-7-14-22-35)43(54-38)28-44-52(36-23-15-8-16-24-36)48(32(4)60)40(56-44)27-42-50(34-19-11-6-12-20-34)47(31(3)59)39(55-42)26-41(53-37)49(45)33-17-9-5-10-18-33/h5-24,53-56H,25-28H2,1-4H3. The fraction of sp³-hybridized carbons (Fsp3) is 0.154. The van der Waals surface area contributed by atoms with Gasteiger partial charge in [-0.25, -0.2) is 0 Å². The zero-order chi connectivity index (χ0) is 41.7. The third kappa shape index (κ3) is 6.70. The number of fused-ring (bicyclic) bond motifs is 8. The van der Waals surface area contributed by atoms with E-state index < -0.39 is 0 Å². The van der Waals surface area contributed by atoms with Gasteiger partial charge in [0.15, 0.2) is 23.1 Å². The quantitative estimate of drug-likeness (QED) is 0.114. The molecule has 8 bridgehead atoms. The van der Waals surface area contributed by atoms with E-state index in [0.717, 1.165) is 73.0 Å². The third-order valence-corrected chi connectivity index (χ3v) is 11.7. The average Bonchev–Trinajstić information content (AvgIpc) is 3.99. The van der Waals surface area contributed by atoms with Crippen molar-refractivity contribution in [2.24, 2.45) is 0 Å². The molecule has 5 heterocycles. The zero-order valence-electron chi connectivity index (χ0n) is 34.0. The Balaban J connectivity index is 1.40. The van der Waals surface area contributed by atoms with Gasteiger partial charge in [-0.2, -0.15) is 0 Å². The Kier molecular flexibility index (Phi) is 9.84. The SMILES string of the molecule is CC(=O)c1c2[nH]c(c1-c1ccccc1)Cc1[nH]c(c(-c3ccccc3)c1C(C)=O)Cc1[nH]c(c(-c3ccccc3)c1C(C)=O)Cc1[nH]c(c(C(C)=O)c1-c1ccccc1)C2. The average molecular weight is 789 g/mol. The molecular weight excluding hydrogens is 745 g/mol. The monoisotopic (exact) mass is 788 g/mol. The number of carbonyl (C=O) groups excluding carboxylic acids is 4. The lowest BCUT2D eigenvalue weighted by Gasteiger charge is -2.10. The Labute approximate surface area is 348 Å². The lowest BCUT2D eigenvalue weighted by Crippen LogP contribution is -2.04. The number of nitrogens with one attached hydrogen (secondary N) is 4. The van der Waals surface area contributed by atoms with Crippen molar-refractivity contribution in [3.63, 3.8) is 0 Å². The van der Waals surface area contributed by atoms with Gasteiger partial charge < -0.3 is 19.9 Å².